The van der Waals surface area contributed by atoms with E-state index in [4.69, 9.17) is 9.15 Å². The Morgan fingerprint density at radius 2 is 1.73 bits per heavy atom. The van der Waals surface area contributed by atoms with E-state index in [1.807, 2.05) is 6.26 Å². The second-order valence-corrected chi connectivity index (χ2v) is 13.9. The molecule has 0 radical (unpaired) electrons. The van der Waals surface area contributed by atoms with Crippen LogP contribution in [0.4, 0.5) is 0 Å². The molecule has 4 fully saturated rings. The first-order valence-electron chi connectivity index (χ1n) is 15.6. The summed E-state index contributed by atoms with van der Waals surface area (Å²) in [6.07, 6.45) is 14.4. The maximum absolute atomic E-state index is 12.6. The number of aliphatic hydroxyl groups is 1. The second kappa shape index (κ2) is 9.55. The lowest BCUT2D eigenvalue weighted by Gasteiger charge is -2.63. The van der Waals surface area contributed by atoms with Gasteiger partial charge in [0.05, 0.1) is 35.4 Å². The predicted octanol–water partition coefficient (Wildman–Crippen LogP) is 6.59. The number of rotatable bonds is 6. The van der Waals surface area contributed by atoms with E-state index in [9.17, 15) is 14.7 Å². The van der Waals surface area contributed by atoms with E-state index in [-0.39, 0.29) is 28.7 Å². The van der Waals surface area contributed by atoms with Gasteiger partial charge in [-0.15, -0.1) is 0 Å². The van der Waals surface area contributed by atoms with Crippen LogP contribution in [-0.2, 0) is 4.74 Å². The Morgan fingerprint density at radius 1 is 0.950 bits per heavy atom. The van der Waals surface area contributed by atoms with E-state index in [0.29, 0.717) is 54.4 Å². The average Bonchev–Trinajstić information content (AvgIpc) is 3.64. The number of carbonyl (C=O) groups excluding carboxylic acids is 2. The summed E-state index contributed by atoms with van der Waals surface area (Å²) in [6, 6.07) is 9.18. The van der Waals surface area contributed by atoms with Gasteiger partial charge < -0.3 is 14.3 Å². The highest BCUT2D eigenvalue weighted by Gasteiger charge is 2.67. The summed E-state index contributed by atoms with van der Waals surface area (Å²) in [4.78, 5) is 26.7. The minimum atomic E-state index is -0.594. The van der Waals surface area contributed by atoms with Crippen molar-refractivity contribution in [3.8, 4) is 0 Å². The van der Waals surface area contributed by atoms with Crippen LogP contribution in [-0.4, -0.2) is 46.7 Å². The van der Waals surface area contributed by atoms with Crippen molar-refractivity contribution < 1.29 is 23.8 Å². The summed E-state index contributed by atoms with van der Waals surface area (Å²) < 4.78 is 11.8. The van der Waals surface area contributed by atoms with Gasteiger partial charge in [0.2, 0.25) is 0 Å². The molecule has 1 N–H and O–H groups in total. The molecular formula is C34H43NO5. The number of imide groups is 1. The summed E-state index contributed by atoms with van der Waals surface area (Å²) >= 11 is 0. The molecule has 214 valence electrons. The van der Waals surface area contributed by atoms with Crippen LogP contribution in [0.3, 0.4) is 0 Å². The largest absolute Gasteiger partial charge is 0.472 e. The first kappa shape index (κ1) is 26.5. The molecule has 2 heterocycles. The molecule has 1 aliphatic heterocycles. The highest BCUT2D eigenvalue weighted by molar-refractivity contribution is 6.21. The quantitative estimate of drug-likeness (QED) is 0.327. The van der Waals surface area contributed by atoms with E-state index in [2.05, 4.69) is 19.9 Å². The molecule has 0 saturated heterocycles. The highest BCUT2D eigenvalue weighted by Crippen LogP contribution is 2.70. The third-order valence-electron chi connectivity index (χ3n) is 12.5. The molecule has 8 atom stereocenters. The van der Waals surface area contributed by atoms with Crippen molar-refractivity contribution in [2.24, 2.45) is 28.6 Å². The van der Waals surface area contributed by atoms with E-state index in [1.54, 1.807) is 30.5 Å². The smallest absolute Gasteiger partial charge is 0.261 e. The minimum absolute atomic E-state index is 0.0823. The van der Waals surface area contributed by atoms with E-state index >= 15 is 0 Å². The van der Waals surface area contributed by atoms with Gasteiger partial charge in [-0.1, -0.05) is 26.0 Å². The number of carbonyl (C=O) groups is 2. The summed E-state index contributed by atoms with van der Waals surface area (Å²) in [6.45, 7) is 5.85. The van der Waals surface area contributed by atoms with Gasteiger partial charge in [-0.2, -0.15) is 0 Å². The van der Waals surface area contributed by atoms with Crippen LogP contribution in [0.5, 0.6) is 0 Å². The zero-order chi connectivity index (χ0) is 27.7. The van der Waals surface area contributed by atoms with Crippen LogP contribution in [0.15, 0.2) is 47.3 Å². The number of hydrogen-bond donors (Lipinski definition) is 1. The first-order valence-corrected chi connectivity index (χ1v) is 15.6. The van der Waals surface area contributed by atoms with Gasteiger partial charge in [0.15, 0.2) is 0 Å². The molecule has 40 heavy (non-hydrogen) atoms. The van der Waals surface area contributed by atoms with Crippen molar-refractivity contribution in [2.75, 3.05) is 13.2 Å². The fourth-order valence-corrected chi connectivity index (χ4v) is 10.3. The molecule has 2 amide bonds. The van der Waals surface area contributed by atoms with Gasteiger partial charge in [0.25, 0.3) is 11.8 Å². The third kappa shape index (κ3) is 3.74. The van der Waals surface area contributed by atoms with Crippen LogP contribution in [0.1, 0.15) is 110 Å². The Balaban J connectivity index is 0.959. The molecule has 4 saturated carbocycles. The number of amides is 2. The van der Waals surface area contributed by atoms with Crippen LogP contribution < -0.4 is 0 Å². The van der Waals surface area contributed by atoms with Crippen molar-refractivity contribution in [1.29, 1.82) is 0 Å². The number of ether oxygens (including phenoxy) is 1. The number of nitrogens with zero attached hydrogens (tertiary/aromatic N) is 1. The van der Waals surface area contributed by atoms with Crippen molar-refractivity contribution >= 4 is 11.8 Å². The zero-order valence-corrected chi connectivity index (χ0v) is 23.9. The molecule has 6 heteroatoms. The predicted molar refractivity (Wildman–Crippen MR) is 151 cm³/mol. The lowest BCUT2D eigenvalue weighted by Crippen LogP contribution is -2.62. The molecule has 2 aromatic rings. The Morgan fingerprint density at radius 3 is 2.45 bits per heavy atom. The fraction of sp³-hybridized carbons (Fsp3) is 0.647. The summed E-state index contributed by atoms with van der Waals surface area (Å²) in [5, 5.41) is 12.4. The lowest BCUT2D eigenvalue weighted by atomic mass is 9.43. The number of hydrogen-bond acceptors (Lipinski definition) is 5. The minimum Gasteiger partial charge on any atom is -0.472 e. The molecule has 0 unspecified atom stereocenters. The van der Waals surface area contributed by atoms with E-state index < -0.39 is 5.60 Å². The maximum Gasteiger partial charge on any atom is 0.261 e. The molecule has 1 aromatic heterocycles. The zero-order valence-electron chi connectivity index (χ0n) is 23.9. The number of furan rings is 1. The Bertz CT molecular complexity index is 1250. The normalized spacial score (nSPS) is 40.5. The van der Waals surface area contributed by atoms with Gasteiger partial charge in [-0.25, -0.2) is 0 Å². The first-order chi connectivity index (χ1) is 19.3. The number of benzene rings is 1. The molecule has 5 aliphatic rings. The second-order valence-electron chi connectivity index (χ2n) is 13.9. The molecular weight excluding hydrogens is 502 g/mol. The molecule has 4 aliphatic carbocycles. The summed E-state index contributed by atoms with van der Waals surface area (Å²) in [5.74, 6) is 1.59. The van der Waals surface area contributed by atoms with Gasteiger partial charge in [-0.3, -0.25) is 14.5 Å². The van der Waals surface area contributed by atoms with Crippen molar-refractivity contribution in [1.82, 2.24) is 4.90 Å². The van der Waals surface area contributed by atoms with Gasteiger partial charge in [-0.05, 0) is 117 Å². The third-order valence-corrected chi connectivity index (χ3v) is 12.5. The maximum atomic E-state index is 12.6. The molecule has 6 nitrogen and oxygen atoms in total. The van der Waals surface area contributed by atoms with Crippen molar-refractivity contribution in [3.63, 3.8) is 0 Å². The Hall–Kier alpha value is -2.44. The Labute approximate surface area is 237 Å². The van der Waals surface area contributed by atoms with Gasteiger partial charge in [0.1, 0.15) is 0 Å². The molecule has 7 rings (SSSR count). The Kier molecular flexibility index (Phi) is 6.32. The van der Waals surface area contributed by atoms with Crippen LogP contribution in [0, 0.1) is 28.6 Å². The molecule has 0 bridgehead atoms. The SMILES string of the molecule is C[C@]12CC[C@H](OCCCN3C(=O)c4ccccc4C3=O)C[C@H]1CC[C@@H]1[C@@H]2CC[C@]2(C)[C@@H](c3ccoc3)CC[C@]12O. The van der Waals surface area contributed by atoms with E-state index in [1.165, 1.54) is 23.3 Å². The monoisotopic (exact) mass is 545 g/mol. The summed E-state index contributed by atoms with van der Waals surface area (Å²) in [7, 11) is 0. The van der Waals surface area contributed by atoms with Gasteiger partial charge >= 0.3 is 0 Å². The molecule has 0 spiro atoms. The average molecular weight is 546 g/mol. The van der Waals surface area contributed by atoms with Crippen LogP contribution >= 0.6 is 0 Å². The van der Waals surface area contributed by atoms with Gasteiger partial charge in [0, 0.05) is 18.6 Å². The number of fused-ring (bicyclic) bond motifs is 6. The highest BCUT2D eigenvalue weighted by atomic mass is 16.5. The topological polar surface area (TPSA) is 80.0 Å². The van der Waals surface area contributed by atoms with Crippen LogP contribution in [0.2, 0.25) is 0 Å². The van der Waals surface area contributed by atoms with Crippen LogP contribution in [0.25, 0.3) is 0 Å². The lowest BCUT2D eigenvalue weighted by molar-refractivity contribution is -0.207. The molecule has 1 aromatic carbocycles. The van der Waals surface area contributed by atoms with E-state index in [0.717, 1.165) is 44.9 Å². The standard InChI is InChI=1S/C34H43NO5/c1-32-14-10-24(40-18-5-17-35-30(36)25-6-3-4-7-26(25)31(35)37)20-23(32)8-9-29-28(32)11-15-33(2)27(12-16-34(29,33)38)22-13-19-39-21-22/h3-4,6-7,13,19,21,23-24,27-29,38H,5,8-12,14-18,20H2,1-2H3/t23-,24+,27-,28+,29-,32+,33-,34+/m1/s1. The van der Waals surface area contributed by atoms with Crippen molar-refractivity contribution in [3.05, 3.63) is 59.5 Å². The van der Waals surface area contributed by atoms with Crippen molar-refractivity contribution in [2.45, 2.75) is 95.7 Å². The fourth-order valence-electron chi connectivity index (χ4n) is 10.3. The summed E-state index contributed by atoms with van der Waals surface area (Å²) in [5.41, 5.74) is 1.87.